The van der Waals surface area contributed by atoms with Gasteiger partial charge in [-0.1, -0.05) is 0 Å². The van der Waals surface area contributed by atoms with Crippen LogP contribution in [-0.2, 0) is 24.1 Å². The molecular formula is C19H19NO8S. The predicted molar refractivity (Wildman–Crippen MR) is 103 cm³/mol. The lowest BCUT2D eigenvalue weighted by Crippen LogP contribution is -2.21. The lowest BCUT2D eigenvalue weighted by atomic mass is 10.1. The van der Waals surface area contributed by atoms with Crippen LogP contribution >= 0.6 is 0 Å². The highest BCUT2D eigenvalue weighted by molar-refractivity contribution is 7.90. The topological polar surface area (TPSA) is 125 Å². The molecule has 0 aliphatic carbocycles. The van der Waals surface area contributed by atoms with E-state index in [-0.39, 0.29) is 28.3 Å². The monoisotopic (exact) mass is 421 g/mol. The molecule has 0 aromatic heterocycles. The van der Waals surface area contributed by atoms with Gasteiger partial charge in [-0.05, 0) is 42.5 Å². The minimum Gasteiger partial charge on any atom is -0.484 e. The molecule has 1 N–H and O–H groups in total. The number of hydrogen-bond acceptors (Lipinski definition) is 8. The fourth-order valence-electron chi connectivity index (χ4n) is 2.30. The van der Waals surface area contributed by atoms with Gasteiger partial charge < -0.3 is 19.5 Å². The summed E-state index contributed by atoms with van der Waals surface area (Å²) in [6.45, 7) is -0.381. The van der Waals surface area contributed by atoms with Gasteiger partial charge in [-0.15, -0.1) is 0 Å². The molecule has 0 unspecified atom stereocenters. The molecule has 1 amide bonds. The fourth-order valence-corrected chi connectivity index (χ4v) is 2.93. The van der Waals surface area contributed by atoms with E-state index in [4.69, 9.17) is 4.74 Å². The van der Waals surface area contributed by atoms with Crippen LogP contribution in [0.4, 0.5) is 5.69 Å². The third-order valence-electron chi connectivity index (χ3n) is 3.68. The van der Waals surface area contributed by atoms with Gasteiger partial charge in [0.2, 0.25) is 0 Å². The molecule has 0 heterocycles. The van der Waals surface area contributed by atoms with Gasteiger partial charge in [-0.2, -0.15) is 0 Å². The van der Waals surface area contributed by atoms with Gasteiger partial charge in [0.25, 0.3) is 5.91 Å². The number of amides is 1. The summed E-state index contributed by atoms with van der Waals surface area (Å²) in [5.74, 6) is -1.64. The highest BCUT2D eigenvalue weighted by Crippen LogP contribution is 2.18. The molecule has 2 rings (SSSR count). The van der Waals surface area contributed by atoms with Gasteiger partial charge in [0.05, 0.1) is 30.2 Å². The molecule has 0 bridgehead atoms. The maximum Gasteiger partial charge on any atom is 0.337 e. The van der Waals surface area contributed by atoms with E-state index in [9.17, 15) is 22.8 Å². The molecule has 0 atom stereocenters. The maximum absolute atomic E-state index is 12.1. The first-order valence-corrected chi connectivity index (χ1v) is 10.1. The minimum atomic E-state index is -3.33. The Balaban J connectivity index is 2.09. The summed E-state index contributed by atoms with van der Waals surface area (Å²) in [5, 5.41) is 2.51. The minimum absolute atomic E-state index is 0.0583. The number of rotatable bonds is 7. The van der Waals surface area contributed by atoms with Crippen LogP contribution in [0.1, 0.15) is 20.7 Å². The Kier molecular flexibility index (Phi) is 6.94. The molecule has 9 nitrogen and oxygen atoms in total. The van der Waals surface area contributed by atoms with Crippen molar-refractivity contribution in [1.82, 2.24) is 0 Å². The van der Waals surface area contributed by atoms with Crippen molar-refractivity contribution in [2.45, 2.75) is 4.90 Å². The van der Waals surface area contributed by atoms with E-state index in [1.165, 1.54) is 56.7 Å². The number of benzene rings is 2. The highest BCUT2D eigenvalue weighted by atomic mass is 32.2. The molecule has 0 spiro atoms. The molecule has 2 aromatic rings. The lowest BCUT2D eigenvalue weighted by Gasteiger charge is -2.10. The number of methoxy groups -OCH3 is 2. The second kappa shape index (κ2) is 9.20. The Labute approximate surface area is 167 Å². The predicted octanol–water partition coefficient (Wildman–Crippen LogP) is 1.68. The normalized spacial score (nSPS) is 10.7. The molecule has 154 valence electrons. The first-order valence-electron chi connectivity index (χ1n) is 8.18. The maximum atomic E-state index is 12.1. The van der Waals surface area contributed by atoms with Crippen molar-refractivity contribution in [2.24, 2.45) is 0 Å². The van der Waals surface area contributed by atoms with Gasteiger partial charge in [0.15, 0.2) is 16.4 Å². The molecule has 10 heteroatoms. The smallest absolute Gasteiger partial charge is 0.337 e. The number of carbonyl (C=O) groups is 3. The zero-order chi connectivity index (χ0) is 21.6. The number of anilines is 1. The Morgan fingerprint density at radius 3 is 1.86 bits per heavy atom. The standard InChI is InChI=1S/C19H19NO8S/c1-26-18(22)12-8-13(19(23)27-2)10-14(9-12)20-17(21)11-28-15-4-6-16(7-5-15)29(3,24)25/h4-10H,11H2,1-3H3,(H,20,21). The number of nitrogens with one attached hydrogen (secondary N) is 1. The van der Waals surface area contributed by atoms with Crippen molar-refractivity contribution < 1.29 is 37.0 Å². The average Bonchev–Trinajstić information content (AvgIpc) is 2.70. The summed E-state index contributed by atoms with van der Waals surface area (Å²) < 4.78 is 37.5. The molecule has 0 radical (unpaired) electrons. The highest BCUT2D eigenvalue weighted by Gasteiger charge is 2.15. The molecule has 0 saturated heterocycles. The van der Waals surface area contributed by atoms with Gasteiger partial charge in [-0.25, -0.2) is 18.0 Å². The number of hydrogen-bond donors (Lipinski definition) is 1. The molecular weight excluding hydrogens is 402 g/mol. The zero-order valence-electron chi connectivity index (χ0n) is 15.9. The van der Waals surface area contributed by atoms with Gasteiger partial charge in [0.1, 0.15) is 5.75 Å². The fraction of sp³-hybridized carbons (Fsp3) is 0.211. The van der Waals surface area contributed by atoms with Crippen molar-refractivity contribution in [3.63, 3.8) is 0 Å². The van der Waals surface area contributed by atoms with Gasteiger partial charge in [0, 0.05) is 11.9 Å². The number of carbonyl (C=O) groups excluding carboxylic acids is 3. The van der Waals surface area contributed by atoms with Crippen LogP contribution in [0.15, 0.2) is 47.4 Å². The van der Waals surface area contributed by atoms with Crippen LogP contribution in [0.25, 0.3) is 0 Å². The summed E-state index contributed by atoms with van der Waals surface area (Å²) in [5.41, 5.74) is 0.292. The molecule has 0 fully saturated rings. The third-order valence-corrected chi connectivity index (χ3v) is 4.81. The average molecular weight is 421 g/mol. The van der Waals surface area contributed by atoms with Crippen LogP contribution in [0.5, 0.6) is 5.75 Å². The third kappa shape index (κ3) is 6.04. The van der Waals surface area contributed by atoms with Gasteiger partial charge >= 0.3 is 11.9 Å². The van der Waals surface area contributed by atoms with Crippen LogP contribution in [0, 0.1) is 0 Å². The van der Waals surface area contributed by atoms with Crippen LogP contribution in [0.3, 0.4) is 0 Å². The van der Waals surface area contributed by atoms with E-state index in [1.807, 2.05) is 0 Å². The van der Waals surface area contributed by atoms with Crippen molar-refractivity contribution in [3.8, 4) is 5.75 Å². The van der Waals surface area contributed by atoms with E-state index in [0.29, 0.717) is 5.75 Å². The van der Waals surface area contributed by atoms with E-state index in [0.717, 1.165) is 6.26 Å². The second-order valence-corrected chi connectivity index (χ2v) is 7.88. The SMILES string of the molecule is COC(=O)c1cc(NC(=O)COc2ccc(S(C)(=O)=O)cc2)cc(C(=O)OC)c1. The quantitative estimate of drug-likeness (QED) is 0.670. The number of ether oxygens (including phenoxy) is 3. The Hall–Kier alpha value is -3.40. The first kappa shape index (κ1) is 21.9. The Morgan fingerprint density at radius 2 is 1.41 bits per heavy atom. The molecule has 0 aliphatic rings. The molecule has 0 aliphatic heterocycles. The van der Waals surface area contributed by atoms with E-state index in [2.05, 4.69) is 14.8 Å². The van der Waals surface area contributed by atoms with Crippen LogP contribution in [0.2, 0.25) is 0 Å². The Bertz CT molecular complexity index is 994. The lowest BCUT2D eigenvalue weighted by molar-refractivity contribution is -0.118. The van der Waals surface area contributed by atoms with Crippen LogP contribution in [-0.4, -0.2) is 53.3 Å². The van der Waals surface area contributed by atoms with E-state index < -0.39 is 27.7 Å². The van der Waals surface area contributed by atoms with E-state index in [1.54, 1.807) is 0 Å². The number of esters is 2. The largest absolute Gasteiger partial charge is 0.484 e. The van der Waals surface area contributed by atoms with Crippen molar-refractivity contribution >= 4 is 33.4 Å². The molecule has 0 saturated carbocycles. The Morgan fingerprint density at radius 1 is 0.897 bits per heavy atom. The summed E-state index contributed by atoms with van der Waals surface area (Å²) >= 11 is 0. The van der Waals surface area contributed by atoms with Gasteiger partial charge in [-0.3, -0.25) is 4.79 Å². The van der Waals surface area contributed by atoms with Crippen molar-refractivity contribution in [2.75, 3.05) is 32.4 Å². The summed E-state index contributed by atoms with van der Waals surface area (Å²) in [4.78, 5) is 35.8. The van der Waals surface area contributed by atoms with Crippen molar-refractivity contribution in [1.29, 1.82) is 0 Å². The molecule has 2 aromatic carbocycles. The summed E-state index contributed by atoms with van der Waals surface area (Å²) in [6, 6.07) is 9.56. The summed E-state index contributed by atoms with van der Waals surface area (Å²) in [6.07, 6.45) is 1.08. The first-order chi connectivity index (χ1) is 13.6. The van der Waals surface area contributed by atoms with Crippen molar-refractivity contribution in [3.05, 3.63) is 53.6 Å². The van der Waals surface area contributed by atoms with E-state index >= 15 is 0 Å². The number of sulfone groups is 1. The zero-order valence-corrected chi connectivity index (χ0v) is 16.7. The summed E-state index contributed by atoms with van der Waals surface area (Å²) in [7, 11) is -0.951. The van der Waals surface area contributed by atoms with Crippen LogP contribution < -0.4 is 10.1 Å². The molecule has 29 heavy (non-hydrogen) atoms. The second-order valence-electron chi connectivity index (χ2n) is 5.86.